The molecule has 0 heteroatoms. The summed E-state index contributed by atoms with van der Waals surface area (Å²) in [6, 6.07) is 0. The Balaban J connectivity index is 3.50. The van der Waals surface area contributed by atoms with E-state index in [0.29, 0.717) is 0 Å². The highest BCUT2D eigenvalue weighted by atomic mass is 14.2. The molecule has 62 valence electrons. The van der Waals surface area contributed by atoms with Crippen LogP contribution in [0.15, 0.2) is 0 Å². The van der Waals surface area contributed by atoms with Crippen LogP contribution < -0.4 is 0 Å². The predicted octanol–water partition coefficient (Wildman–Crippen LogP) is 3.71. The molecule has 10 heavy (non-hydrogen) atoms. The molecule has 0 bridgehead atoms. The van der Waals surface area contributed by atoms with Crippen LogP contribution in [0.4, 0.5) is 0 Å². The first-order chi connectivity index (χ1) is 4.57. The fourth-order valence-corrected chi connectivity index (χ4v) is 1.38. The van der Waals surface area contributed by atoms with Crippen molar-refractivity contribution in [2.45, 2.75) is 47.5 Å². The number of rotatable bonds is 4. The standard InChI is InChI=1S/C10H22/c1-6-9(4)10(5)7-8(2)3/h8-10H,6-7H2,1-5H3/t9-,10-/m1/s1. The first-order valence-corrected chi connectivity index (χ1v) is 4.57. The third-order valence-electron chi connectivity index (χ3n) is 2.46. The molecule has 0 fully saturated rings. The average molecular weight is 142 g/mol. The van der Waals surface area contributed by atoms with Gasteiger partial charge in [-0.15, -0.1) is 0 Å². The predicted molar refractivity (Wildman–Crippen MR) is 48.1 cm³/mol. The highest BCUT2D eigenvalue weighted by Gasteiger charge is 2.10. The van der Waals surface area contributed by atoms with Gasteiger partial charge < -0.3 is 0 Å². The van der Waals surface area contributed by atoms with Gasteiger partial charge in [0.25, 0.3) is 0 Å². The molecule has 0 radical (unpaired) electrons. The van der Waals surface area contributed by atoms with E-state index in [-0.39, 0.29) is 0 Å². The lowest BCUT2D eigenvalue weighted by Gasteiger charge is -2.19. The second-order valence-corrected chi connectivity index (χ2v) is 3.99. The largest absolute Gasteiger partial charge is 0.0651 e. The monoisotopic (exact) mass is 142 g/mol. The third kappa shape index (κ3) is 3.92. The van der Waals surface area contributed by atoms with E-state index in [4.69, 9.17) is 0 Å². The Morgan fingerprint density at radius 3 is 1.70 bits per heavy atom. The summed E-state index contributed by atoms with van der Waals surface area (Å²) < 4.78 is 0. The van der Waals surface area contributed by atoms with Crippen LogP contribution in [0.1, 0.15) is 47.5 Å². The average Bonchev–Trinajstić information content (AvgIpc) is 1.85. The lowest BCUT2D eigenvalue weighted by atomic mass is 9.87. The molecule has 0 amide bonds. The van der Waals surface area contributed by atoms with Gasteiger partial charge in [-0.25, -0.2) is 0 Å². The maximum absolute atomic E-state index is 2.37. The van der Waals surface area contributed by atoms with Crippen LogP contribution in [0.2, 0.25) is 0 Å². The van der Waals surface area contributed by atoms with E-state index >= 15 is 0 Å². The molecule has 0 aliphatic carbocycles. The van der Waals surface area contributed by atoms with Crippen LogP contribution >= 0.6 is 0 Å². The highest BCUT2D eigenvalue weighted by molar-refractivity contribution is 4.61. The van der Waals surface area contributed by atoms with Crippen molar-refractivity contribution in [3.8, 4) is 0 Å². The maximum atomic E-state index is 2.37. The fraction of sp³-hybridized carbons (Fsp3) is 1.00. The maximum Gasteiger partial charge on any atom is -0.0415 e. The van der Waals surface area contributed by atoms with Crippen LogP contribution in [0.25, 0.3) is 0 Å². The van der Waals surface area contributed by atoms with E-state index in [2.05, 4.69) is 34.6 Å². The summed E-state index contributed by atoms with van der Waals surface area (Å²) in [6.07, 6.45) is 2.71. The molecule has 0 unspecified atom stereocenters. The molecule has 0 aromatic heterocycles. The second kappa shape index (κ2) is 4.76. The second-order valence-electron chi connectivity index (χ2n) is 3.99. The molecule has 0 nitrogen and oxygen atoms in total. The molecule has 0 saturated heterocycles. The summed E-state index contributed by atoms with van der Waals surface area (Å²) >= 11 is 0. The Morgan fingerprint density at radius 2 is 1.40 bits per heavy atom. The van der Waals surface area contributed by atoms with Crippen molar-refractivity contribution >= 4 is 0 Å². The molecule has 0 spiro atoms. The first-order valence-electron chi connectivity index (χ1n) is 4.57. The Morgan fingerprint density at radius 1 is 0.900 bits per heavy atom. The van der Waals surface area contributed by atoms with Crippen molar-refractivity contribution in [1.82, 2.24) is 0 Å². The first kappa shape index (κ1) is 10.0. The Bertz CT molecular complexity index is 74.1. The van der Waals surface area contributed by atoms with Crippen LogP contribution in [-0.4, -0.2) is 0 Å². The normalized spacial score (nSPS) is 17.4. The van der Waals surface area contributed by atoms with Gasteiger partial charge in [-0.05, 0) is 24.2 Å². The van der Waals surface area contributed by atoms with Crippen molar-refractivity contribution in [2.24, 2.45) is 17.8 Å². The molecule has 0 heterocycles. The minimum Gasteiger partial charge on any atom is -0.0651 e. The van der Waals surface area contributed by atoms with Crippen molar-refractivity contribution in [3.05, 3.63) is 0 Å². The van der Waals surface area contributed by atoms with Crippen LogP contribution in [0, 0.1) is 17.8 Å². The zero-order valence-corrected chi connectivity index (χ0v) is 8.15. The fourth-order valence-electron chi connectivity index (χ4n) is 1.38. The van der Waals surface area contributed by atoms with Crippen molar-refractivity contribution in [1.29, 1.82) is 0 Å². The lowest BCUT2D eigenvalue weighted by molar-refractivity contribution is 0.316. The molecular weight excluding hydrogens is 120 g/mol. The topological polar surface area (TPSA) is 0 Å². The van der Waals surface area contributed by atoms with Gasteiger partial charge in [0.2, 0.25) is 0 Å². The lowest BCUT2D eigenvalue weighted by Crippen LogP contribution is -2.09. The summed E-state index contributed by atoms with van der Waals surface area (Å²) in [5, 5.41) is 0. The van der Waals surface area contributed by atoms with Crippen molar-refractivity contribution in [2.75, 3.05) is 0 Å². The third-order valence-corrected chi connectivity index (χ3v) is 2.46. The Labute approximate surface area is 66.0 Å². The van der Waals surface area contributed by atoms with Gasteiger partial charge in [-0.2, -0.15) is 0 Å². The van der Waals surface area contributed by atoms with Crippen LogP contribution in [0.5, 0.6) is 0 Å². The smallest absolute Gasteiger partial charge is 0.0415 e. The molecule has 0 aliphatic rings. The van der Waals surface area contributed by atoms with Gasteiger partial charge in [-0.1, -0.05) is 41.0 Å². The SMILES string of the molecule is CC[C@@H](C)[C@H](C)CC(C)C. The summed E-state index contributed by atoms with van der Waals surface area (Å²) in [5.74, 6) is 2.68. The zero-order valence-electron chi connectivity index (χ0n) is 8.15. The van der Waals surface area contributed by atoms with Gasteiger partial charge >= 0.3 is 0 Å². The number of hydrogen-bond acceptors (Lipinski definition) is 0. The van der Waals surface area contributed by atoms with E-state index in [9.17, 15) is 0 Å². The van der Waals surface area contributed by atoms with Gasteiger partial charge in [0.15, 0.2) is 0 Å². The van der Waals surface area contributed by atoms with E-state index < -0.39 is 0 Å². The Kier molecular flexibility index (Phi) is 4.76. The van der Waals surface area contributed by atoms with Crippen molar-refractivity contribution in [3.63, 3.8) is 0 Å². The van der Waals surface area contributed by atoms with Gasteiger partial charge in [0.05, 0.1) is 0 Å². The molecule has 0 aromatic rings. The molecule has 0 aliphatic heterocycles. The molecular formula is C10H22. The van der Waals surface area contributed by atoms with Gasteiger partial charge in [-0.3, -0.25) is 0 Å². The molecule has 0 N–H and O–H groups in total. The summed E-state index contributed by atoms with van der Waals surface area (Å²) in [4.78, 5) is 0. The summed E-state index contributed by atoms with van der Waals surface area (Å²) in [7, 11) is 0. The van der Waals surface area contributed by atoms with Crippen LogP contribution in [-0.2, 0) is 0 Å². The van der Waals surface area contributed by atoms with Crippen LogP contribution in [0.3, 0.4) is 0 Å². The minimum absolute atomic E-state index is 0.865. The van der Waals surface area contributed by atoms with E-state index in [1.165, 1.54) is 12.8 Å². The Hall–Kier alpha value is 0. The van der Waals surface area contributed by atoms with Gasteiger partial charge in [0, 0.05) is 0 Å². The quantitative estimate of drug-likeness (QED) is 0.561. The summed E-state index contributed by atoms with van der Waals surface area (Å²) in [6.45, 7) is 11.6. The van der Waals surface area contributed by atoms with E-state index in [0.717, 1.165) is 17.8 Å². The van der Waals surface area contributed by atoms with E-state index in [1.807, 2.05) is 0 Å². The number of hydrogen-bond donors (Lipinski definition) is 0. The molecule has 0 saturated carbocycles. The molecule has 2 atom stereocenters. The summed E-state index contributed by atoms with van der Waals surface area (Å²) in [5.41, 5.74) is 0. The minimum atomic E-state index is 0.865. The van der Waals surface area contributed by atoms with Crippen molar-refractivity contribution < 1.29 is 0 Å². The van der Waals surface area contributed by atoms with E-state index in [1.54, 1.807) is 0 Å². The molecule has 0 aromatic carbocycles. The molecule has 0 rings (SSSR count). The zero-order chi connectivity index (χ0) is 8.15. The van der Waals surface area contributed by atoms with Gasteiger partial charge in [0.1, 0.15) is 0 Å². The highest BCUT2D eigenvalue weighted by Crippen LogP contribution is 2.21.